The highest BCUT2D eigenvalue weighted by Gasteiger charge is 2.38. The number of nitrogens with zero attached hydrogens (tertiary/aromatic N) is 1. The molecule has 2 aromatic carbocycles. The van der Waals surface area contributed by atoms with E-state index in [0.717, 1.165) is 31.2 Å². The smallest absolute Gasteiger partial charge is 0.338 e. The number of nitrogens with one attached hydrogen (secondary N) is 2. The molecule has 2 aromatic rings. The minimum atomic E-state index is -0.721. The maximum Gasteiger partial charge on any atom is 0.338 e. The predicted octanol–water partition coefficient (Wildman–Crippen LogP) is 5.66. The number of hydrogen-bond donors (Lipinski definition) is 2. The molecule has 35 heavy (non-hydrogen) atoms. The average Bonchev–Trinajstić information content (AvgIpc) is 2.86. The molecule has 3 amide bonds. The van der Waals surface area contributed by atoms with Crippen LogP contribution in [0.4, 0.5) is 10.5 Å². The fourth-order valence-electron chi connectivity index (χ4n) is 4.23. The van der Waals surface area contributed by atoms with E-state index in [1.54, 1.807) is 24.0 Å². The topological polar surface area (TPSA) is 87.7 Å². The molecule has 0 saturated heterocycles. The van der Waals surface area contributed by atoms with Gasteiger partial charge in [-0.05, 0) is 43.0 Å². The SMILES string of the molecule is CCCCCC(=O)Nc1cccc(C2NC(=O)N(CCC)C(c3ccccc3)=C2C(=O)OCC)c1. The van der Waals surface area contributed by atoms with E-state index in [0.29, 0.717) is 35.5 Å². The Morgan fingerprint density at radius 1 is 1.00 bits per heavy atom. The molecule has 186 valence electrons. The molecular formula is C28H35N3O4. The fourth-order valence-corrected chi connectivity index (χ4v) is 4.23. The van der Waals surface area contributed by atoms with Crippen molar-refractivity contribution in [3.05, 3.63) is 71.3 Å². The Kier molecular flexibility index (Phi) is 9.47. The average molecular weight is 478 g/mol. The Balaban J connectivity index is 2.06. The number of ether oxygens (including phenoxy) is 1. The molecule has 1 aliphatic heterocycles. The number of unbranched alkanes of at least 4 members (excludes halogenated alkanes) is 2. The number of benzene rings is 2. The van der Waals surface area contributed by atoms with Crippen LogP contribution in [-0.2, 0) is 14.3 Å². The van der Waals surface area contributed by atoms with Crippen molar-refractivity contribution in [3.8, 4) is 0 Å². The Morgan fingerprint density at radius 2 is 1.77 bits per heavy atom. The lowest BCUT2D eigenvalue weighted by atomic mass is 9.91. The Bertz CT molecular complexity index is 1060. The summed E-state index contributed by atoms with van der Waals surface area (Å²) < 4.78 is 5.45. The van der Waals surface area contributed by atoms with Crippen molar-refractivity contribution in [1.29, 1.82) is 0 Å². The van der Waals surface area contributed by atoms with Gasteiger partial charge in [-0.15, -0.1) is 0 Å². The lowest BCUT2D eigenvalue weighted by Crippen LogP contribution is -2.48. The van der Waals surface area contributed by atoms with Gasteiger partial charge in [0, 0.05) is 18.7 Å². The molecule has 0 fully saturated rings. The maximum absolute atomic E-state index is 13.3. The van der Waals surface area contributed by atoms with E-state index in [1.165, 1.54) is 0 Å². The van der Waals surface area contributed by atoms with E-state index >= 15 is 0 Å². The summed E-state index contributed by atoms with van der Waals surface area (Å²) in [5, 5.41) is 5.93. The molecule has 7 heteroatoms. The number of hydrogen-bond acceptors (Lipinski definition) is 4. The molecule has 0 aromatic heterocycles. The molecular weight excluding hydrogens is 442 g/mol. The summed E-state index contributed by atoms with van der Waals surface area (Å²) >= 11 is 0. The van der Waals surface area contributed by atoms with Gasteiger partial charge in [0.05, 0.1) is 23.9 Å². The Morgan fingerprint density at radius 3 is 2.46 bits per heavy atom. The lowest BCUT2D eigenvalue weighted by molar-refractivity contribution is -0.139. The zero-order valence-electron chi connectivity index (χ0n) is 20.8. The second kappa shape index (κ2) is 12.7. The largest absolute Gasteiger partial charge is 0.463 e. The Labute approximate surface area is 207 Å². The van der Waals surface area contributed by atoms with Crippen LogP contribution in [-0.4, -0.2) is 36.0 Å². The Hall–Kier alpha value is -3.61. The van der Waals surface area contributed by atoms with Crippen molar-refractivity contribution in [2.75, 3.05) is 18.5 Å². The highest BCUT2D eigenvalue weighted by molar-refractivity contribution is 6.04. The van der Waals surface area contributed by atoms with Crippen molar-refractivity contribution in [2.45, 2.75) is 58.9 Å². The van der Waals surface area contributed by atoms with Crippen molar-refractivity contribution in [2.24, 2.45) is 0 Å². The van der Waals surface area contributed by atoms with Gasteiger partial charge in [-0.1, -0.05) is 69.2 Å². The maximum atomic E-state index is 13.3. The van der Waals surface area contributed by atoms with E-state index in [1.807, 2.05) is 49.4 Å². The standard InChI is InChI=1S/C28H35N3O4/c1-4-7-9-17-23(32)29-22-16-12-15-21(19-22)25-24(27(33)35-6-3)26(20-13-10-8-11-14-20)31(18-5-2)28(34)30-25/h8,10-16,19,25H,4-7,9,17-18H2,1-3H3,(H,29,32)(H,30,34). The highest BCUT2D eigenvalue weighted by atomic mass is 16.5. The number of amides is 3. The second-order valence-electron chi connectivity index (χ2n) is 8.51. The zero-order valence-corrected chi connectivity index (χ0v) is 20.8. The van der Waals surface area contributed by atoms with Gasteiger partial charge in [-0.3, -0.25) is 9.69 Å². The summed E-state index contributed by atoms with van der Waals surface area (Å²) in [4.78, 5) is 40.5. The van der Waals surface area contributed by atoms with Crippen LogP contribution in [0.2, 0.25) is 0 Å². The monoisotopic (exact) mass is 477 g/mol. The summed E-state index contributed by atoms with van der Waals surface area (Å²) in [6.45, 7) is 6.51. The van der Waals surface area contributed by atoms with Crippen LogP contribution in [0.25, 0.3) is 5.70 Å². The van der Waals surface area contributed by atoms with Crippen LogP contribution in [0.15, 0.2) is 60.2 Å². The predicted molar refractivity (Wildman–Crippen MR) is 137 cm³/mol. The summed E-state index contributed by atoms with van der Waals surface area (Å²) in [6, 6.07) is 15.7. The number of carbonyl (C=O) groups is 3. The number of rotatable bonds is 11. The molecule has 0 radical (unpaired) electrons. The number of urea groups is 1. The van der Waals surface area contributed by atoms with Gasteiger partial charge in [0.25, 0.3) is 0 Å². The lowest BCUT2D eigenvalue weighted by Gasteiger charge is -2.37. The van der Waals surface area contributed by atoms with Crippen LogP contribution < -0.4 is 10.6 Å². The van der Waals surface area contributed by atoms with Gasteiger partial charge in [0.15, 0.2) is 0 Å². The van der Waals surface area contributed by atoms with Crippen molar-refractivity contribution < 1.29 is 19.1 Å². The van der Waals surface area contributed by atoms with Crippen LogP contribution in [0, 0.1) is 0 Å². The number of anilines is 1. The van der Waals surface area contributed by atoms with Crippen LogP contribution in [0.3, 0.4) is 0 Å². The summed E-state index contributed by atoms with van der Waals surface area (Å²) in [6.07, 6.45) is 4.07. The molecule has 3 rings (SSSR count). The van der Waals surface area contributed by atoms with Gasteiger partial charge in [-0.2, -0.15) is 0 Å². The minimum Gasteiger partial charge on any atom is -0.463 e. The zero-order chi connectivity index (χ0) is 25.2. The van der Waals surface area contributed by atoms with E-state index < -0.39 is 12.0 Å². The first kappa shape index (κ1) is 26.0. The third-order valence-electron chi connectivity index (χ3n) is 5.83. The fraction of sp³-hybridized carbons (Fsp3) is 0.393. The van der Waals surface area contributed by atoms with E-state index in [9.17, 15) is 14.4 Å². The molecule has 0 aliphatic carbocycles. The normalized spacial score (nSPS) is 15.6. The summed E-state index contributed by atoms with van der Waals surface area (Å²) in [5.74, 6) is -0.532. The molecule has 0 saturated carbocycles. The first-order valence-electron chi connectivity index (χ1n) is 12.4. The van der Waals surface area contributed by atoms with Gasteiger partial charge >= 0.3 is 12.0 Å². The molecule has 2 N–H and O–H groups in total. The van der Waals surface area contributed by atoms with Gasteiger partial charge in [0.1, 0.15) is 0 Å². The van der Waals surface area contributed by atoms with Crippen LogP contribution >= 0.6 is 0 Å². The van der Waals surface area contributed by atoms with E-state index in [2.05, 4.69) is 17.6 Å². The highest BCUT2D eigenvalue weighted by Crippen LogP contribution is 2.37. The van der Waals surface area contributed by atoms with E-state index in [-0.39, 0.29) is 18.5 Å². The van der Waals surface area contributed by atoms with Crippen molar-refractivity contribution >= 4 is 29.3 Å². The molecule has 1 heterocycles. The molecule has 1 aliphatic rings. The second-order valence-corrected chi connectivity index (χ2v) is 8.51. The number of esters is 1. The van der Waals surface area contributed by atoms with Gasteiger partial charge in [0.2, 0.25) is 5.91 Å². The third-order valence-corrected chi connectivity index (χ3v) is 5.83. The van der Waals surface area contributed by atoms with Crippen LogP contribution in [0.1, 0.15) is 70.0 Å². The molecule has 7 nitrogen and oxygen atoms in total. The van der Waals surface area contributed by atoms with Gasteiger partial charge in [-0.25, -0.2) is 9.59 Å². The van der Waals surface area contributed by atoms with Crippen LogP contribution in [0.5, 0.6) is 0 Å². The molecule has 1 atom stereocenters. The molecule has 0 spiro atoms. The van der Waals surface area contributed by atoms with Crippen molar-refractivity contribution in [1.82, 2.24) is 10.2 Å². The summed E-state index contributed by atoms with van der Waals surface area (Å²) in [7, 11) is 0. The molecule has 1 unspecified atom stereocenters. The van der Waals surface area contributed by atoms with E-state index in [4.69, 9.17) is 4.74 Å². The third kappa shape index (κ3) is 6.50. The minimum absolute atomic E-state index is 0.0523. The summed E-state index contributed by atoms with van der Waals surface area (Å²) in [5.41, 5.74) is 3.01. The number of carbonyl (C=O) groups excluding carboxylic acids is 3. The first-order valence-corrected chi connectivity index (χ1v) is 12.4. The first-order chi connectivity index (χ1) is 17.0. The van der Waals surface area contributed by atoms with Crippen molar-refractivity contribution in [3.63, 3.8) is 0 Å². The quantitative estimate of drug-likeness (QED) is 0.323. The van der Waals surface area contributed by atoms with Gasteiger partial charge < -0.3 is 15.4 Å². The molecule has 0 bridgehead atoms.